The van der Waals surface area contributed by atoms with E-state index < -0.39 is 0 Å². The molecule has 84 valence electrons. The lowest BCUT2D eigenvalue weighted by Gasteiger charge is -2.08. The predicted molar refractivity (Wildman–Crippen MR) is 68.2 cm³/mol. The molecule has 2 aromatic rings. The lowest BCUT2D eigenvalue weighted by molar-refractivity contribution is 1.19. The van der Waals surface area contributed by atoms with Crippen LogP contribution in [0.4, 0.5) is 11.5 Å². The van der Waals surface area contributed by atoms with Gasteiger partial charge in [-0.05, 0) is 43.7 Å². The van der Waals surface area contributed by atoms with Crippen LogP contribution in [0.15, 0.2) is 36.4 Å². The molecule has 0 fully saturated rings. The number of rotatable bonds is 2. The van der Waals surface area contributed by atoms with Crippen LogP contribution in [0.2, 0.25) is 0 Å². The number of aromatic nitrogens is 1. The van der Waals surface area contributed by atoms with Crippen molar-refractivity contribution in [3.63, 3.8) is 0 Å². The molecule has 0 aliphatic rings. The summed E-state index contributed by atoms with van der Waals surface area (Å²) in [6, 6.07) is 13.7. The van der Waals surface area contributed by atoms with Crippen molar-refractivity contribution in [2.45, 2.75) is 13.8 Å². The van der Waals surface area contributed by atoms with Crippen molar-refractivity contribution < 1.29 is 0 Å². The van der Waals surface area contributed by atoms with Gasteiger partial charge in [-0.15, -0.1) is 0 Å². The number of benzene rings is 1. The molecule has 0 bridgehead atoms. The summed E-state index contributed by atoms with van der Waals surface area (Å²) in [6.07, 6.45) is 0. The van der Waals surface area contributed by atoms with Crippen LogP contribution in [0.3, 0.4) is 0 Å². The monoisotopic (exact) mass is 223 g/mol. The first-order valence-corrected chi connectivity index (χ1v) is 5.40. The third-order valence-corrected chi connectivity index (χ3v) is 2.44. The van der Waals surface area contributed by atoms with Gasteiger partial charge >= 0.3 is 0 Å². The van der Waals surface area contributed by atoms with Gasteiger partial charge in [0.1, 0.15) is 11.9 Å². The minimum atomic E-state index is 0.553. The topological polar surface area (TPSA) is 48.7 Å². The summed E-state index contributed by atoms with van der Waals surface area (Å²) in [7, 11) is 0. The van der Waals surface area contributed by atoms with Gasteiger partial charge in [0.2, 0.25) is 0 Å². The molecule has 0 saturated heterocycles. The highest BCUT2D eigenvalue weighted by Crippen LogP contribution is 2.19. The second-order valence-corrected chi connectivity index (χ2v) is 3.96. The molecule has 2 rings (SSSR count). The van der Waals surface area contributed by atoms with E-state index >= 15 is 0 Å². The highest BCUT2D eigenvalue weighted by atomic mass is 15.0. The first-order valence-electron chi connectivity index (χ1n) is 5.40. The van der Waals surface area contributed by atoms with Gasteiger partial charge in [0.25, 0.3) is 0 Å². The van der Waals surface area contributed by atoms with Gasteiger partial charge in [-0.1, -0.05) is 12.1 Å². The zero-order chi connectivity index (χ0) is 12.3. The van der Waals surface area contributed by atoms with Crippen molar-refractivity contribution in [1.29, 1.82) is 5.26 Å². The molecular formula is C14H13N3. The van der Waals surface area contributed by atoms with Gasteiger partial charge < -0.3 is 5.32 Å². The average molecular weight is 223 g/mol. The van der Waals surface area contributed by atoms with E-state index in [4.69, 9.17) is 5.26 Å². The standard InChI is InChI=1S/C14H13N3/c1-10-4-3-5-13(8-10)17-14-12(9-15)7-6-11(2)16-14/h3-8H,1-2H3,(H,16,17). The van der Waals surface area contributed by atoms with Gasteiger partial charge in [-0.25, -0.2) is 4.98 Å². The highest BCUT2D eigenvalue weighted by molar-refractivity contribution is 5.63. The fourth-order valence-electron chi connectivity index (χ4n) is 1.60. The normalized spacial score (nSPS) is 9.71. The molecule has 1 heterocycles. The zero-order valence-corrected chi connectivity index (χ0v) is 9.86. The van der Waals surface area contributed by atoms with Crippen LogP contribution in [0.5, 0.6) is 0 Å². The Kier molecular flexibility index (Phi) is 3.06. The number of hydrogen-bond acceptors (Lipinski definition) is 3. The Morgan fingerprint density at radius 3 is 2.71 bits per heavy atom. The summed E-state index contributed by atoms with van der Waals surface area (Å²) in [5, 5.41) is 12.2. The zero-order valence-electron chi connectivity index (χ0n) is 9.86. The number of nitrogens with one attached hydrogen (secondary N) is 1. The average Bonchev–Trinajstić information content (AvgIpc) is 2.29. The third kappa shape index (κ3) is 2.61. The minimum absolute atomic E-state index is 0.553. The van der Waals surface area contributed by atoms with Gasteiger partial charge in [0.15, 0.2) is 0 Å². The lowest BCUT2D eigenvalue weighted by atomic mass is 10.2. The molecule has 0 atom stereocenters. The number of nitrogens with zero attached hydrogens (tertiary/aromatic N) is 2. The summed E-state index contributed by atoms with van der Waals surface area (Å²) >= 11 is 0. The van der Waals surface area contributed by atoms with Crippen LogP contribution in [0.1, 0.15) is 16.8 Å². The Morgan fingerprint density at radius 1 is 1.18 bits per heavy atom. The van der Waals surface area contributed by atoms with E-state index in [-0.39, 0.29) is 0 Å². The van der Waals surface area contributed by atoms with E-state index in [1.54, 1.807) is 6.07 Å². The molecule has 0 aliphatic carbocycles. The molecule has 0 amide bonds. The summed E-state index contributed by atoms with van der Waals surface area (Å²) in [4.78, 5) is 4.34. The van der Waals surface area contributed by atoms with E-state index in [1.807, 2.05) is 44.2 Å². The molecule has 1 aromatic carbocycles. The first kappa shape index (κ1) is 11.2. The van der Waals surface area contributed by atoms with Gasteiger partial charge in [-0.2, -0.15) is 5.26 Å². The largest absolute Gasteiger partial charge is 0.339 e. The molecular weight excluding hydrogens is 210 g/mol. The summed E-state index contributed by atoms with van der Waals surface area (Å²) < 4.78 is 0. The summed E-state index contributed by atoms with van der Waals surface area (Å²) in [6.45, 7) is 3.93. The smallest absolute Gasteiger partial charge is 0.148 e. The van der Waals surface area contributed by atoms with Crippen molar-refractivity contribution in [1.82, 2.24) is 4.98 Å². The van der Waals surface area contributed by atoms with Crippen molar-refractivity contribution >= 4 is 11.5 Å². The predicted octanol–water partition coefficient (Wildman–Crippen LogP) is 3.31. The molecule has 0 spiro atoms. The molecule has 0 radical (unpaired) electrons. The van der Waals surface area contributed by atoms with Crippen molar-refractivity contribution in [3.05, 3.63) is 53.2 Å². The van der Waals surface area contributed by atoms with Crippen molar-refractivity contribution in [2.24, 2.45) is 0 Å². The fourth-order valence-corrected chi connectivity index (χ4v) is 1.60. The third-order valence-electron chi connectivity index (χ3n) is 2.44. The quantitative estimate of drug-likeness (QED) is 0.849. The number of nitriles is 1. The molecule has 1 aromatic heterocycles. The maximum absolute atomic E-state index is 9.01. The molecule has 0 aliphatic heterocycles. The minimum Gasteiger partial charge on any atom is -0.339 e. The molecule has 0 unspecified atom stereocenters. The van der Waals surface area contributed by atoms with Crippen molar-refractivity contribution in [3.8, 4) is 6.07 Å². The second-order valence-electron chi connectivity index (χ2n) is 3.96. The Labute approximate surface area is 101 Å². The fraction of sp³-hybridized carbons (Fsp3) is 0.143. The summed E-state index contributed by atoms with van der Waals surface area (Å²) in [5.74, 6) is 0.609. The number of anilines is 2. The van der Waals surface area contributed by atoms with E-state index in [2.05, 4.69) is 16.4 Å². The molecule has 0 saturated carbocycles. The van der Waals surface area contributed by atoms with E-state index in [0.717, 1.165) is 11.4 Å². The van der Waals surface area contributed by atoms with Crippen LogP contribution >= 0.6 is 0 Å². The van der Waals surface area contributed by atoms with Gasteiger partial charge in [0, 0.05) is 11.4 Å². The van der Waals surface area contributed by atoms with Crippen molar-refractivity contribution in [2.75, 3.05) is 5.32 Å². The highest BCUT2D eigenvalue weighted by Gasteiger charge is 2.04. The molecule has 3 nitrogen and oxygen atoms in total. The number of hydrogen-bond donors (Lipinski definition) is 1. The van der Waals surface area contributed by atoms with Crippen LogP contribution in [0.25, 0.3) is 0 Å². The summed E-state index contributed by atoms with van der Waals surface area (Å²) in [5.41, 5.74) is 3.55. The SMILES string of the molecule is Cc1cccc(Nc2nc(C)ccc2C#N)c1. The molecule has 1 N–H and O–H groups in total. The number of pyridine rings is 1. The molecule has 3 heteroatoms. The second kappa shape index (κ2) is 4.67. The Balaban J connectivity index is 2.36. The maximum Gasteiger partial charge on any atom is 0.148 e. The van der Waals surface area contributed by atoms with Gasteiger partial charge in [0.05, 0.1) is 5.56 Å². The van der Waals surface area contributed by atoms with Gasteiger partial charge in [-0.3, -0.25) is 0 Å². The first-order chi connectivity index (χ1) is 8.19. The van der Waals surface area contributed by atoms with E-state index in [1.165, 1.54) is 5.56 Å². The Bertz CT molecular complexity index is 582. The lowest BCUT2D eigenvalue weighted by Crippen LogP contribution is -1.98. The molecule has 17 heavy (non-hydrogen) atoms. The van der Waals surface area contributed by atoms with E-state index in [0.29, 0.717) is 11.4 Å². The van der Waals surface area contributed by atoms with Crippen LogP contribution < -0.4 is 5.32 Å². The van der Waals surface area contributed by atoms with Crippen LogP contribution in [-0.4, -0.2) is 4.98 Å². The number of aryl methyl sites for hydroxylation is 2. The van der Waals surface area contributed by atoms with Crippen LogP contribution in [-0.2, 0) is 0 Å². The maximum atomic E-state index is 9.01. The van der Waals surface area contributed by atoms with Crippen LogP contribution in [0, 0.1) is 25.2 Å². The Morgan fingerprint density at radius 2 is 2.00 bits per heavy atom. The Hall–Kier alpha value is -2.34. The van der Waals surface area contributed by atoms with E-state index in [9.17, 15) is 0 Å².